The highest BCUT2D eigenvalue weighted by molar-refractivity contribution is 5.06. The Balaban J connectivity index is 1.63. The standard InChI is InChI=1S/C18H35NO/c1-2-3-4-5-8-11-14-20-17-15-16(19)18(17)12-9-6-7-10-13-18/h16-17H,2-15,19H2,1H3. The van der Waals surface area contributed by atoms with Gasteiger partial charge in [-0.05, 0) is 25.7 Å². The van der Waals surface area contributed by atoms with Crippen LogP contribution in [0.4, 0.5) is 0 Å². The van der Waals surface area contributed by atoms with Crippen LogP contribution in [-0.2, 0) is 4.74 Å². The van der Waals surface area contributed by atoms with Crippen LogP contribution >= 0.6 is 0 Å². The molecule has 0 radical (unpaired) electrons. The molecule has 1 spiro atoms. The first kappa shape index (κ1) is 16.3. The van der Waals surface area contributed by atoms with Crippen molar-refractivity contribution >= 4 is 0 Å². The molecular weight excluding hydrogens is 246 g/mol. The number of rotatable bonds is 8. The molecule has 2 rings (SSSR count). The van der Waals surface area contributed by atoms with Crippen molar-refractivity contribution in [1.29, 1.82) is 0 Å². The van der Waals surface area contributed by atoms with Gasteiger partial charge in [-0.25, -0.2) is 0 Å². The first-order chi connectivity index (χ1) is 9.79. The molecule has 0 aromatic rings. The number of hydrogen-bond acceptors (Lipinski definition) is 2. The average Bonchev–Trinajstić information content (AvgIpc) is 2.73. The van der Waals surface area contributed by atoms with Crippen LogP contribution in [0.25, 0.3) is 0 Å². The minimum atomic E-state index is 0.360. The van der Waals surface area contributed by atoms with Crippen LogP contribution in [-0.4, -0.2) is 18.8 Å². The average molecular weight is 281 g/mol. The highest BCUT2D eigenvalue weighted by Crippen LogP contribution is 2.51. The molecule has 2 aliphatic carbocycles. The van der Waals surface area contributed by atoms with Crippen LogP contribution < -0.4 is 5.73 Å². The summed E-state index contributed by atoms with van der Waals surface area (Å²) in [6.07, 6.45) is 17.8. The van der Waals surface area contributed by atoms with Crippen LogP contribution in [0, 0.1) is 5.41 Å². The number of nitrogens with two attached hydrogens (primary N) is 1. The summed E-state index contributed by atoms with van der Waals surface area (Å²) < 4.78 is 6.22. The second-order valence-corrected chi connectivity index (χ2v) is 7.12. The lowest BCUT2D eigenvalue weighted by molar-refractivity contribution is -0.134. The van der Waals surface area contributed by atoms with Gasteiger partial charge in [0.1, 0.15) is 0 Å². The Morgan fingerprint density at radius 3 is 2.25 bits per heavy atom. The topological polar surface area (TPSA) is 35.2 Å². The lowest BCUT2D eigenvalue weighted by atomic mass is 9.58. The lowest BCUT2D eigenvalue weighted by Gasteiger charge is -2.54. The number of ether oxygens (including phenoxy) is 1. The number of unbranched alkanes of at least 4 members (excludes halogenated alkanes) is 5. The largest absolute Gasteiger partial charge is 0.378 e. The molecule has 0 saturated heterocycles. The van der Waals surface area contributed by atoms with Crippen molar-refractivity contribution in [3.63, 3.8) is 0 Å². The van der Waals surface area contributed by atoms with Crippen molar-refractivity contribution < 1.29 is 4.74 Å². The van der Waals surface area contributed by atoms with E-state index in [1.54, 1.807) is 0 Å². The molecule has 2 heteroatoms. The summed E-state index contributed by atoms with van der Waals surface area (Å²) in [5.74, 6) is 0. The molecule has 118 valence electrons. The van der Waals surface area contributed by atoms with Crippen molar-refractivity contribution in [3.05, 3.63) is 0 Å². The Morgan fingerprint density at radius 1 is 0.950 bits per heavy atom. The van der Waals surface area contributed by atoms with Crippen LogP contribution in [0.1, 0.15) is 90.4 Å². The Labute approximate surface area is 125 Å². The van der Waals surface area contributed by atoms with Gasteiger partial charge in [-0.3, -0.25) is 0 Å². The van der Waals surface area contributed by atoms with Crippen LogP contribution in [0.15, 0.2) is 0 Å². The molecule has 2 fully saturated rings. The Hall–Kier alpha value is -0.0800. The molecule has 0 aliphatic heterocycles. The van der Waals surface area contributed by atoms with Crippen molar-refractivity contribution in [1.82, 2.24) is 0 Å². The van der Waals surface area contributed by atoms with E-state index < -0.39 is 0 Å². The fourth-order valence-electron chi connectivity index (χ4n) is 4.20. The summed E-state index contributed by atoms with van der Waals surface area (Å²) in [7, 11) is 0. The van der Waals surface area contributed by atoms with E-state index in [1.165, 1.54) is 77.0 Å². The SMILES string of the molecule is CCCCCCCCOC1CC(N)C12CCCCCC2. The van der Waals surface area contributed by atoms with Gasteiger partial charge in [0.05, 0.1) is 6.10 Å². The molecule has 2 unspecified atom stereocenters. The van der Waals surface area contributed by atoms with Gasteiger partial charge in [-0.1, -0.05) is 64.7 Å². The smallest absolute Gasteiger partial charge is 0.0661 e. The van der Waals surface area contributed by atoms with Gasteiger partial charge in [0.15, 0.2) is 0 Å². The third-order valence-corrected chi connectivity index (χ3v) is 5.70. The second kappa shape index (κ2) is 8.38. The van der Waals surface area contributed by atoms with Gasteiger partial charge in [0.2, 0.25) is 0 Å². The van der Waals surface area contributed by atoms with Crippen molar-refractivity contribution in [2.45, 2.75) is 103 Å². The summed E-state index contributed by atoms with van der Waals surface area (Å²) in [5, 5.41) is 0. The third kappa shape index (κ3) is 3.98. The molecule has 0 bridgehead atoms. The van der Waals surface area contributed by atoms with E-state index in [4.69, 9.17) is 10.5 Å². The van der Waals surface area contributed by atoms with E-state index in [0.29, 0.717) is 17.6 Å². The minimum absolute atomic E-state index is 0.360. The molecule has 20 heavy (non-hydrogen) atoms. The van der Waals surface area contributed by atoms with E-state index >= 15 is 0 Å². The predicted octanol–water partition coefficient (Wildman–Crippen LogP) is 4.80. The molecule has 0 heterocycles. The molecule has 2 saturated carbocycles. The van der Waals surface area contributed by atoms with Crippen LogP contribution in [0.3, 0.4) is 0 Å². The summed E-state index contributed by atoms with van der Waals surface area (Å²) in [6.45, 7) is 3.24. The molecule has 0 aromatic carbocycles. The molecule has 0 amide bonds. The zero-order valence-electron chi connectivity index (χ0n) is 13.5. The summed E-state index contributed by atoms with van der Waals surface area (Å²) in [6, 6.07) is 0.412. The van der Waals surface area contributed by atoms with E-state index in [9.17, 15) is 0 Å². The minimum Gasteiger partial charge on any atom is -0.378 e. The van der Waals surface area contributed by atoms with Gasteiger partial charge in [0, 0.05) is 18.1 Å². The summed E-state index contributed by atoms with van der Waals surface area (Å²) in [4.78, 5) is 0. The van der Waals surface area contributed by atoms with E-state index in [1.807, 2.05) is 0 Å². The second-order valence-electron chi connectivity index (χ2n) is 7.12. The number of hydrogen-bond donors (Lipinski definition) is 1. The third-order valence-electron chi connectivity index (χ3n) is 5.70. The van der Waals surface area contributed by atoms with Gasteiger partial charge in [-0.2, -0.15) is 0 Å². The first-order valence-corrected chi connectivity index (χ1v) is 9.17. The maximum Gasteiger partial charge on any atom is 0.0661 e. The fraction of sp³-hybridized carbons (Fsp3) is 1.00. The van der Waals surface area contributed by atoms with Gasteiger partial charge >= 0.3 is 0 Å². The monoisotopic (exact) mass is 281 g/mol. The summed E-state index contributed by atoms with van der Waals surface area (Å²) >= 11 is 0. The van der Waals surface area contributed by atoms with Crippen LogP contribution in [0.5, 0.6) is 0 Å². The highest BCUT2D eigenvalue weighted by Gasteiger charge is 2.53. The fourth-order valence-corrected chi connectivity index (χ4v) is 4.20. The molecule has 2 aliphatic rings. The van der Waals surface area contributed by atoms with Gasteiger partial charge in [0.25, 0.3) is 0 Å². The van der Waals surface area contributed by atoms with Crippen molar-refractivity contribution in [3.8, 4) is 0 Å². The Bertz CT molecular complexity index is 258. The van der Waals surface area contributed by atoms with Gasteiger partial charge in [-0.15, -0.1) is 0 Å². The Morgan fingerprint density at radius 2 is 1.60 bits per heavy atom. The molecule has 0 aromatic heterocycles. The molecule has 2 atom stereocenters. The van der Waals surface area contributed by atoms with Gasteiger partial charge < -0.3 is 10.5 Å². The molecular formula is C18H35NO. The quantitative estimate of drug-likeness (QED) is 0.648. The normalized spacial score (nSPS) is 29.1. The highest BCUT2D eigenvalue weighted by atomic mass is 16.5. The summed E-state index contributed by atoms with van der Waals surface area (Å²) in [5.41, 5.74) is 6.71. The lowest BCUT2D eigenvalue weighted by Crippen LogP contribution is -2.62. The first-order valence-electron chi connectivity index (χ1n) is 9.17. The van der Waals surface area contributed by atoms with E-state index in [2.05, 4.69) is 6.92 Å². The maximum absolute atomic E-state index is 6.35. The zero-order chi connectivity index (χ0) is 14.3. The molecule has 2 nitrogen and oxygen atoms in total. The zero-order valence-corrected chi connectivity index (χ0v) is 13.5. The van der Waals surface area contributed by atoms with Crippen LogP contribution in [0.2, 0.25) is 0 Å². The van der Waals surface area contributed by atoms with Crippen molar-refractivity contribution in [2.75, 3.05) is 6.61 Å². The maximum atomic E-state index is 6.35. The molecule has 2 N–H and O–H groups in total. The van der Waals surface area contributed by atoms with E-state index in [0.717, 1.165) is 13.0 Å². The van der Waals surface area contributed by atoms with Crippen molar-refractivity contribution in [2.24, 2.45) is 11.1 Å². The Kier molecular flexibility index (Phi) is 6.83. The predicted molar refractivity (Wildman–Crippen MR) is 85.8 cm³/mol. The van der Waals surface area contributed by atoms with E-state index in [-0.39, 0.29) is 0 Å².